The molecule has 162 valence electrons. The first-order chi connectivity index (χ1) is 15.8. The number of aromatic amines is 2. The van der Waals surface area contributed by atoms with E-state index in [9.17, 15) is 0 Å². The SMILES string of the molecule is c1[nH]c([C@@H]2CCCN2)cc1-c1cc2cc3sc(-c4cnc(C5CCCC5)[nH]4)cc3cc2s1. The minimum absolute atomic E-state index is 0.485. The molecular formula is C26H26N4S2. The van der Waals surface area contributed by atoms with Crippen molar-refractivity contribution in [1.82, 2.24) is 20.3 Å². The van der Waals surface area contributed by atoms with Crippen molar-refractivity contribution in [3.8, 4) is 21.0 Å². The number of aromatic nitrogens is 3. The highest BCUT2D eigenvalue weighted by Gasteiger charge is 2.21. The minimum Gasteiger partial charge on any atom is -0.363 e. The van der Waals surface area contributed by atoms with Crippen molar-refractivity contribution in [2.24, 2.45) is 0 Å². The van der Waals surface area contributed by atoms with Crippen LogP contribution in [0.3, 0.4) is 0 Å². The fraction of sp³-hybridized carbons (Fsp3) is 0.346. The second-order valence-electron chi connectivity index (χ2n) is 9.31. The molecule has 0 amide bonds. The summed E-state index contributed by atoms with van der Waals surface area (Å²) in [6, 6.07) is 12.2. The third-order valence-electron chi connectivity index (χ3n) is 7.18. The molecule has 1 aromatic carbocycles. The fourth-order valence-corrected chi connectivity index (χ4v) is 7.56. The molecule has 1 saturated carbocycles. The van der Waals surface area contributed by atoms with E-state index in [1.54, 1.807) is 0 Å². The molecule has 1 atom stereocenters. The van der Waals surface area contributed by atoms with Gasteiger partial charge in [-0.15, -0.1) is 22.7 Å². The summed E-state index contributed by atoms with van der Waals surface area (Å²) in [5.41, 5.74) is 3.78. The lowest BCUT2D eigenvalue weighted by atomic mass is 10.1. The molecule has 7 rings (SSSR count). The summed E-state index contributed by atoms with van der Waals surface area (Å²) < 4.78 is 2.70. The van der Waals surface area contributed by atoms with Crippen LogP contribution in [0.5, 0.6) is 0 Å². The quantitative estimate of drug-likeness (QED) is 0.260. The van der Waals surface area contributed by atoms with Gasteiger partial charge in [-0.05, 0) is 73.3 Å². The Kier molecular flexibility index (Phi) is 4.52. The summed E-state index contributed by atoms with van der Waals surface area (Å²) in [4.78, 5) is 14.5. The summed E-state index contributed by atoms with van der Waals surface area (Å²) in [5.74, 6) is 1.81. The molecule has 1 saturated heterocycles. The average molecular weight is 459 g/mol. The lowest BCUT2D eigenvalue weighted by Gasteiger charge is -2.06. The monoisotopic (exact) mass is 458 g/mol. The number of rotatable bonds is 4. The number of hydrogen-bond acceptors (Lipinski definition) is 4. The van der Waals surface area contributed by atoms with E-state index in [0.29, 0.717) is 12.0 Å². The van der Waals surface area contributed by atoms with Crippen molar-refractivity contribution >= 4 is 42.8 Å². The van der Waals surface area contributed by atoms with Gasteiger partial charge in [0, 0.05) is 43.7 Å². The summed E-state index contributed by atoms with van der Waals surface area (Å²) in [5, 5.41) is 6.25. The predicted molar refractivity (Wildman–Crippen MR) is 136 cm³/mol. The zero-order valence-electron chi connectivity index (χ0n) is 17.9. The topological polar surface area (TPSA) is 56.5 Å². The van der Waals surface area contributed by atoms with Crippen LogP contribution in [0.1, 0.15) is 62.0 Å². The largest absolute Gasteiger partial charge is 0.363 e. The Labute approximate surface area is 195 Å². The molecule has 1 aliphatic carbocycles. The number of nitrogens with zero attached hydrogens (tertiary/aromatic N) is 1. The van der Waals surface area contributed by atoms with Crippen molar-refractivity contribution in [2.45, 2.75) is 50.5 Å². The first-order valence-corrected chi connectivity index (χ1v) is 13.4. The van der Waals surface area contributed by atoms with Gasteiger partial charge in [0.25, 0.3) is 0 Å². The molecule has 4 nitrogen and oxygen atoms in total. The maximum atomic E-state index is 4.71. The van der Waals surface area contributed by atoms with E-state index < -0.39 is 0 Å². The number of hydrogen-bond donors (Lipinski definition) is 3. The standard InChI is InChI=1S/C26H26N4S2/c1-2-5-15(4-1)26-29-14-21(30-26)25-12-17-10-22-16(9-23(17)32-25)11-24(31-22)18-8-20(28-13-18)19-6-3-7-27-19/h8-15,19,27-28H,1-7H2,(H,29,30)/t19-/m0/s1. The van der Waals surface area contributed by atoms with E-state index in [0.717, 1.165) is 12.2 Å². The van der Waals surface area contributed by atoms with E-state index in [4.69, 9.17) is 4.98 Å². The molecule has 3 N–H and O–H groups in total. The van der Waals surface area contributed by atoms with Gasteiger partial charge in [-0.1, -0.05) is 12.8 Å². The molecule has 0 bridgehead atoms. The van der Waals surface area contributed by atoms with Crippen LogP contribution in [-0.4, -0.2) is 21.5 Å². The van der Waals surface area contributed by atoms with Crippen molar-refractivity contribution in [1.29, 1.82) is 0 Å². The van der Waals surface area contributed by atoms with Crippen molar-refractivity contribution in [2.75, 3.05) is 6.54 Å². The van der Waals surface area contributed by atoms with Crippen molar-refractivity contribution < 1.29 is 0 Å². The first kappa shape index (κ1) is 19.1. The Morgan fingerprint density at radius 3 is 2.41 bits per heavy atom. The number of nitrogens with one attached hydrogen (secondary N) is 3. The number of benzene rings is 1. The van der Waals surface area contributed by atoms with Gasteiger partial charge in [0.1, 0.15) is 5.82 Å². The molecule has 0 spiro atoms. The normalized spacial score (nSPS) is 19.7. The molecule has 0 radical (unpaired) electrons. The van der Waals surface area contributed by atoms with Crippen LogP contribution in [-0.2, 0) is 0 Å². The van der Waals surface area contributed by atoms with E-state index >= 15 is 0 Å². The molecule has 5 heterocycles. The third kappa shape index (κ3) is 3.24. The summed E-state index contributed by atoms with van der Waals surface area (Å²) in [6.45, 7) is 1.13. The molecule has 2 aliphatic rings. The molecule has 2 fully saturated rings. The average Bonchev–Trinajstić information content (AvgIpc) is 3.65. The second-order valence-corrected chi connectivity index (χ2v) is 11.5. The van der Waals surface area contributed by atoms with Crippen LogP contribution in [0.2, 0.25) is 0 Å². The van der Waals surface area contributed by atoms with Crippen LogP contribution in [0, 0.1) is 0 Å². The smallest absolute Gasteiger partial charge is 0.109 e. The van der Waals surface area contributed by atoms with Gasteiger partial charge in [-0.2, -0.15) is 0 Å². The number of thiophene rings is 2. The van der Waals surface area contributed by atoms with Crippen LogP contribution in [0.15, 0.2) is 42.7 Å². The molecular weight excluding hydrogens is 432 g/mol. The van der Waals surface area contributed by atoms with Gasteiger partial charge in [-0.3, -0.25) is 0 Å². The van der Waals surface area contributed by atoms with Crippen LogP contribution in [0.4, 0.5) is 0 Å². The molecule has 1 aliphatic heterocycles. The summed E-state index contributed by atoms with van der Waals surface area (Å²) in [6.07, 6.45) is 11.9. The van der Waals surface area contributed by atoms with E-state index in [2.05, 4.69) is 51.8 Å². The predicted octanol–water partition coefficient (Wildman–Crippen LogP) is 7.58. The van der Waals surface area contributed by atoms with Crippen molar-refractivity contribution in [3.05, 3.63) is 54.2 Å². The number of fused-ring (bicyclic) bond motifs is 2. The van der Waals surface area contributed by atoms with E-state index in [1.807, 2.05) is 28.9 Å². The lowest BCUT2D eigenvalue weighted by molar-refractivity contribution is 0.632. The molecule has 0 unspecified atom stereocenters. The highest BCUT2D eigenvalue weighted by Crippen LogP contribution is 2.41. The summed E-state index contributed by atoms with van der Waals surface area (Å²) in [7, 11) is 0. The van der Waals surface area contributed by atoms with Gasteiger partial charge in [0.2, 0.25) is 0 Å². The Balaban J connectivity index is 1.20. The Bertz CT molecular complexity index is 1250. The Morgan fingerprint density at radius 1 is 0.844 bits per heavy atom. The summed E-state index contributed by atoms with van der Waals surface area (Å²) >= 11 is 3.76. The van der Waals surface area contributed by atoms with Crippen LogP contribution >= 0.6 is 22.7 Å². The maximum Gasteiger partial charge on any atom is 0.109 e. The van der Waals surface area contributed by atoms with Gasteiger partial charge in [0.05, 0.1) is 16.8 Å². The van der Waals surface area contributed by atoms with Crippen LogP contribution in [0.25, 0.3) is 41.2 Å². The maximum absolute atomic E-state index is 4.71. The Morgan fingerprint density at radius 2 is 1.62 bits per heavy atom. The number of imidazole rings is 1. The highest BCUT2D eigenvalue weighted by atomic mass is 32.1. The second kappa shape index (κ2) is 7.58. The highest BCUT2D eigenvalue weighted by molar-refractivity contribution is 7.23. The van der Waals surface area contributed by atoms with E-state index in [-0.39, 0.29) is 0 Å². The Hall–Kier alpha value is -2.41. The molecule has 4 aromatic heterocycles. The van der Waals surface area contributed by atoms with Gasteiger partial charge in [0.15, 0.2) is 0 Å². The van der Waals surface area contributed by atoms with Crippen molar-refractivity contribution in [3.63, 3.8) is 0 Å². The lowest BCUT2D eigenvalue weighted by Crippen LogP contribution is -2.12. The molecule has 5 aromatic rings. The first-order valence-electron chi connectivity index (χ1n) is 11.7. The zero-order valence-corrected chi connectivity index (χ0v) is 19.5. The van der Waals surface area contributed by atoms with Gasteiger partial charge < -0.3 is 15.3 Å². The molecule has 6 heteroatoms. The van der Waals surface area contributed by atoms with Crippen LogP contribution < -0.4 is 5.32 Å². The van der Waals surface area contributed by atoms with Gasteiger partial charge in [-0.25, -0.2) is 4.98 Å². The van der Waals surface area contributed by atoms with Gasteiger partial charge >= 0.3 is 0 Å². The number of H-pyrrole nitrogens is 2. The third-order valence-corrected chi connectivity index (χ3v) is 9.46. The fourth-order valence-electron chi connectivity index (χ4n) is 5.42. The van der Waals surface area contributed by atoms with E-state index in [1.165, 1.54) is 85.5 Å². The zero-order chi connectivity index (χ0) is 21.1. The molecule has 32 heavy (non-hydrogen) atoms. The minimum atomic E-state index is 0.485.